The molecule has 4 heteroatoms. The normalized spacial score (nSPS) is 17.9. The molecule has 88 valence electrons. The highest BCUT2D eigenvalue weighted by atomic mass is 16.3. The van der Waals surface area contributed by atoms with Gasteiger partial charge in [0.15, 0.2) is 0 Å². The lowest BCUT2D eigenvalue weighted by Crippen LogP contribution is -2.47. The van der Waals surface area contributed by atoms with Gasteiger partial charge in [0.1, 0.15) is 0 Å². The zero-order chi connectivity index (χ0) is 11.3. The van der Waals surface area contributed by atoms with Gasteiger partial charge in [-0.15, -0.1) is 0 Å². The predicted molar refractivity (Wildman–Crippen MR) is 59.6 cm³/mol. The van der Waals surface area contributed by atoms with Crippen LogP contribution in [0.3, 0.4) is 0 Å². The Morgan fingerprint density at radius 3 is 2.67 bits per heavy atom. The molecule has 1 amide bonds. The minimum atomic E-state index is -0.127. The molecular formula is C11H22N2O2. The molecule has 0 spiro atoms. The Labute approximate surface area is 91.6 Å². The van der Waals surface area contributed by atoms with Crippen molar-refractivity contribution in [2.75, 3.05) is 19.7 Å². The molecule has 0 aliphatic heterocycles. The molecule has 1 unspecified atom stereocenters. The van der Waals surface area contributed by atoms with Crippen molar-refractivity contribution in [1.29, 1.82) is 0 Å². The van der Waals surface area contributed by atoms with E-state index in [4.69, 9.17) is 5.11 Å². The molecule has 1 aliphatic rings. The van der Waals surface area contributed by atoms with Gasteiger partial charge in [-0.2, -0.15) is 0 Å². The average molecular weight is 214 g/mol. The second-order valence-corrected chi connectivity index (χ2v) is 4.22. The van der Waals surface area contributed by atoms with Gasteiger partial charge in [0.05, 0.1) is 12.6 Å². The largest absolute Gasteiger partial charge is 0.395 e. The van der Waals surface area contributed by atoms with Gasteiger partial charge < -0.3 is 10.4 Å². The van der Waals surface area contributed by atoms with E-state index in [2.05, 4.69) is 12.2 Å². The van der Waals surface area contributed by atoms with E-state index in [-0.39, 0.29) is 18.6 Å². The number of rotatable bonds is 7. The number of carbonyl (C=O) groups is 1. The first-order valence-electron chi connectivity index (χ1n) is 5.84. The summed E-state index contributed by atoms with van der Waals surface area (Å²) in [6.45, 7) is 5.53. The monoisotopic (exact) mass is 214 g/mol. The highest BCUT2D eigenvalue weighted by Crippen LogP contribution is 2.19. The topological polar surface area (TPSA) is 52.6 Å². The fourth-order valence-corrected chi connectivity index (χ4v) is 1.63. The molecule has 0 radical (unpaired) electrons. The summed E-state index contributed by atoms with van der Waals surface area (Å²) in [5.74, 6) is 0.0967. The lowest BCUT2D eigenvalue weighted by atomic mass is 10.2. The summed E-state index contributed by atoms with van der Waals surface area (Å²) in [5, 5.41) is 11.9. The lowest BCUT2D eigenvalue weighted by Gasteiger charge is -2.27. The Hall–Kier alpha value is -0.610. The molecule has 1 saturated carbocycles. The summed E-state index contributed by atoms with van der Waals surface area (Å²) >= 11 is 0. The van der Waals surface area contributed by atoms with Gasteiger partial charge in [0.2, 0.25) is 5.91 Å². The third-order valence-corrected chi connectivity index (χ3v) is 2.75. The summed E-state index contributed by atoms with van der Waals surface area (Å²) < 4.78 is 0. The highest BCUT2D eigenvalue weighted by molar-refractivity contribution is 5.81. The van der Waals surface area contributed by atoms with Crippen LogP contribution in [0.15, 0.2) is 0 Å². The van der Waals surface area contributed by atoms with Crippen LogP contribution in [0.5, 0.6) is 0 Å². The van der Waals surface area contributed by atoms with Crippen LogP contribution in [0.2, 0.25) is 0 Å². The van der Waals surface area contributed by atoms with Crippen molar-refractivity contribution >= 4 is 5.91 Å². The minimum Gasteiger partial charge on any atom is -0.395 e. The van der Waals surface area contributed by atoms with Gasteiger partial charge in [-0.05, 0) is 32.7 Å². The zero-order valence-corrected chi connectivity index (χ0v) is 9.70. The Bertz CT molecular complexity index is 199. The molecule has 0 aromatic carbocycles. The molecule has 1 atom stereocenters. The van der Waals surface area contributed by atoms with Crippen LogP contribution in [0.4, 0.5) is 0 Å². The molecule has 1 rings (SSSR count). The van der Waals surface area contributed by atoms with E-state index in [0.29, 0.717) is 12.6 Å². The maximum Gasteiger partial charge on any atom is 0.237 e. The standard InChI is InChI=1S/C11H22N2O2/c1-3-6-13(7-8-14)9(2)11(15)12-10-4-5-10/h9-10,14H,3-8H2,1-2H3,(H,12,15). The highest BCUT2D eigenvalue weighted by Gasteiger charge is 2.27. The number of aliphatic hydroxyl groups excluding tert-OH is 1. The van der Waals surface area contributed by atoms with Gasteiger partial charge in [-0.1, -0.05) is 6.92 Å². The summed E-state index contributed by atoms with van der Waals surface area (Å²) in [6, 6.07) is 0.287. The fourth-order valence-electron chi connectivity index (χ4n) is 1.63. The number of carbonyl (C=O) groups excluding carboxylic acids is 1. The first-order chi connectivity index (χ1) is 7.19. The van der Waals surface area contributed by atoms with E-state index >= 15 is 0 Å². The minimum absolute atomic E-state index is 0.0967. The summed E-state index contributed by atoms with van der Waals surface area (Å²) in [5.41, 5.74) is 0. The number of hydrogen-bond donors (Lipinski definition) is 2. The van der Waals surface area contributed by atoms with Crippen molar-refractivity contribution in [3.63, 3.8) is 0 Å². The molecule has 0 aromatic heterocycles. The predicted octanol–water partition coefficient (Wildman–Crippen LogP) is 0.358. The summed E-state index contributed by atoms with van der Waals surface area (Å²) in [4.78, 5) is 13.8. The summed E-state index contributed by atoms with van der Waals surface area (Å²) in [6.07, 6.45) is 3.24. The van der Waals surface area contributed by atoms with Crippen LogP contribution in [0.1, 0.15) is 33.1 Å². The molecule has 15 heavy (non-hydrogen) atoms. The molecule has 0 aromatic rings. The second-order valence-electron chi connectivity index (χ2n) is 4.22. The van der Waals surface area contributed by atoms with Crippen molar-refractivity contribution in [3.8, 4) is 0 Å². The van der Waals surface area contributed by atoms with Crippen LogP contribution in [0.25, 0.3) is 0 Å². The van der Waals surface area contributed by atoms with Gasteiger partial charge >= 0.3 is 0 Å². The Balaban J connectivity index is 2.37. The second kappa shape index (κ2) is 6.08. The SMILES string of the molecule is CCCN(CCO)C(C)C(=O)NC1CC1. The lowest BCUT2D eigenvalue weighted by molar-refractivity contribution is -0.126. The van der Waals surface area contributed by atoms with E-state index in [1.54, 1.807) is 0 Å². The molecular weight excluding hydrogens is 192 g/mol. The Kier molecular flexibility index (Phi) is 5.05. The molecule has 4 nitrogen and oxygen atoms in total. The van der Waals surface area contributed by atoms with E-state index in [0.717, 1.165) is 25.8 Å². The summed E-state index contributed by atoms with van der Waals surface area (Å²) in [7, 11) is 0. The smallest absolute Gasteiger partial charge is 0.237 e. The van der Waals surface area contributed by atoms with Crippen LogP contribution in [-0.2, 0) is 4.79 Å². The third kappa shape index (κ3) is 4.18. The Morgan fingerprint density at radius 1 is 1.53 bits per heavy atom. The van der Waals surface area contributed by atoms with E-state index < -0.39 is 0 Å². The number of nitrogens with zero attached hydrogens (tertiary/aromatic N) is 1. The van der Waals surface area contributed by atoms with E-state index in [1.165, 1.54) is 0 Å². The van der Waals surface area contributed by atoms with Gasteiger partial charge in [0.25, 0.3) is 0 Å². The number of amides is 1. The van der Waals surface area contributed by atoms with Crippen LogP contribution in [-0.4, -0.2) is 47.7 Å². The first-order valence-corrected chi connectivity index (χ1v) is 5.84. The molecule has 0 saturated heterocycles. The maximum absolute atomic E-state index is 11.8. The maximum atomic E-state index is 11.8. The zero-order valence-electron chi connectivity index (χ0n) is 9.70. The first kappa shape index (κ1) is 12.5. The van der Waals surface area contributed by atoms with Gasteiger partial charge in [-0.25, -0.2) is 0 Å². The van der Waals surface area contributed by atoms with Crippen LogP contribution in [0, 0.1) is 0 Å². The van der Waals surface area contributed by atoms with E-state index in [1.807, 2.05) is 11.8 Å². The van der Waals surface area contributed by atoms with Crippen molar-refractivity contribution in [2.24, 2.45) is 0 Å². The van der Waals surface area contributed by atoms with Crippen molar-refractivity contribution in [3.05, 3.63) is 0 Å². The fraction of sp³-hybridized carbons (Fsp3) is 0.909. The van der Waals surface area contributed by atoms with Gasteiger partial charge in [0, 0.05) is 12.6 Å². The van der Waals surface area contributed by atoms with Crippen molar-refractivity contribution in [2.45, 2.75) is 45.2 Å². The number of hydrogen-bond acceptors (Lipinski definition) is 3. The molecule has 1 fully saturated rings. The van der Waals surface area contributed by atoms with E-state index in [9.17, 15) is 4.79 Å². The van der Waals surface area contributed by atoms with Crippen molar-refractivity contribution < 1.29 is 9.90 Å². The number of aliphatic hydroxyl groups is 1. The number of nitrogens with one attached hydrogen (secondary N) is 1. The van der Waals surface area contributed by atoms with Crippen LogP contribution < -0.4 is 5.32 Å². The molecule has 0 heterocycles. The van der Waals surface area contributed by atoms with Gasteiger partial charge in [-0.3, -0.25) is 9.69 Å². The average Bonchev–Trinajstić information content (AvgIpc) is 3.00. The van der Waals surface area contributed by atoms with Crippen LogP contribution >= 0.6 is 0 Å². The Morgan fingerprint density at radius 2 is 2.20 bits per heavy atom. The van der Waals surface area contributed by atoms with Crippen molar-refractivity contribution in [1.82, 2.24) is 10.2 Å². The molecule has 2 N–H and O–H groups in total. The quantitative estimate of drug-likeness (QED) is 0.643. The molecule has 0 bridgehead atoms. The molecule has 1 aliphatic carbocycles. The third-order valence-electron chi connectivity index (χ3n) is 2.75.